The van der Waals surface area contributed by atoms with Crippen LogP contribution in [-0.2, 0) is 47.6 Å². The van der Waals surface area contributed by atoms with E-state index >= 15 is 0 Å². The van der Waals surface area contributed by atoms with Crippen LogP contribution in [-0.4, -0.2) is 266 Å². The normalized spacial score (nSPS) is 27.6. The largest absolute Gasteiger partial charge is 0.480 e. The van der Waals surface area contributed by atoms with Crippen molar-refractivity contribution in [2.24, 2.45) is 63.5 Å². The second kappa shape index (κ2) is 43.0. The molecule has 0 bridgehead atoms. The maximum atomic E-state index is 13.9. The lowest BCUT2D eigenvalue weighted by atomic mass is 9.43. The highest BCUT2D eigenvalue weighted by molar-refractivity contribution is 5.78. The first-order chi connectivity index (χ1) is 43.5. The van der Waals surface area contributed by atoms with Crippen LogP contribution in [0.25, 0.3) is 0 Å². The molecule has 1 saturated heterocycles. The molecule has 10 N–H and O–H groups in total. The number of aliphatic carboxylic acids is 2. The third-order valence-electron chi connectivity index (χ3n) is 20.9. The highest BCUT2D eigenvalue weighted by Gasteiger charge is 2.66. The molecule has 90 heavy (non-hydrogen) atoms. The number of unbranched alkanes of at least 4 members (excludes halogenated alkanes) is 5. The van der Waals surface area contributed by atoms with Gasteiger partial charge >= 0.3 is 18.0 Å². The molecule has 5 aliphatic rings. The summed E-state index contributed by atoms with van der Waals surface area (Å²) >= 11 is 0. The number of amides is 3. The van der Waals surface area contributed by atoms with Gasteiger partial charge in [-0.15, -0.1) is 0 Å². The molecule has 0 aromatic rings. The van der Waals surface area contributed by atoms with Gasteiger partial charge in [0, 0.05) is 104 Å². The fourth-order valence-corrected chi connectivity index (χ4v) is 16.1. The molecule has 0 spiro atoms. The van der Waals surface area contributed by atoms with Crippen LogP contribution in [0.5, 0.6) is 0 Å². The summed E-state index contributed by atoms with van der Waals surface area (Å²) in [7, 11) is 0. The Morgan fingerprint density at radius 1 is 0.578 bits per heavy atom. The van der Waals surface area contributed by atoms with Crippen molar-refractivity contribution in [3.05, 3.63) is 0 Å². The minimum Gasteiger partial charge on any atom is -0.480 e. The minimum atomic E-state index is -0.961. The van der Waals surface area contributed by atoms with E-state index in [1.807, 2.05) is 14.7 Å². The van der Waals surface area contributed by atoms with Crippen molar-refractivity contribution in [1.82, 2.24) is 35.1 Å². The number of carbonyl (C=O) groups is 5. The third-order valence-corrected chi connectivity index (χ3v) is 20.9. The second-order valence-corrected chi connectivity index (χ2v) is 27.4. The number of ketones is 1. The molecule has 4 saturated carbocycles. The standard InChI is InChI=1S/C67H126N10O13/c1-6-7-8-9-10-11-26-77(27-12-16-52(2)56-17-18-57-64-58(47-60(67(56,57)5)90-38-15-23-70)66(4)20-19-55(88-36-13-21-68)45-54(66)46-59(64)89-37-14-22-69)65(84)72-25-40-86-42-44-87-43-41-85-39-24-71-61(79)49-74-30-34-75(50-62(80)81)32-28-73(48-53(3)78)29-33-76(35-31-74)51-63(82)83/h52,54-60,64H,6-51,68-70H2,1-5H3,(H,71,79)(H,72,84)(H,80,81)(H,82,83)/t52-,54+,55-,56-,57+,58+,59?,60+,64?,66+,67-/m1/s1. The van der Waals surface area contributed by atoms with Crippen LogP contribution >= 0.6 is 0 Å². The topological polar surface area (TPSA) is 300 Å². The Morgan fingerprint density at radius 2 is 1.10 bits per heavy atom. The molecule has 4 aliphatic carbocycles. The zero-order valence-electron chi connectivity index (χ0n) is 56.6. The summed E-state index contributed by atoms with van der Waals surface area (Å²) < 4.78 is 37.9. The predicted molar refractivity (Wildman–Crippen MR) is 350 cm³/mol. The average Bonchev–Trinajstić information content (AvgIpc) is 1.31. The number of urea groups is 1. The monoisotopic (exact) mass is 1280 g/mol. The van der Waals surface area contributed by atoms with Crippen molar-refractivity contribution in [1.29, 1.82) is 0 Å². The summed E-state index contributed by atoms with van der Waals surface area (Å²) in [5.74, 6) is 0.848. The van der Waals surface area contributed by atoms with Gasteiger partial charge in [0.15, 0.2) is 0 Å². The smallest absolute Gasteiger partial charge is 0.317 e. The molecule has 3 amide bonds. The zero-order chi connectivity index (χ0) is 65.2. The molecule has 23 nitrogen and oxygen atoms in total. The van der Waals surface area contributed by atoms with E-state index < -0.39 is 11.9 Å². The number of carboxylic acid groups (broad SMARTS) is 2. The maximum absolute atomic E-state index is 13.9. The van der Waals surface area contributed by atoms with E-state index in [9.17, 15) is 34.2 Å². The number of carbonyl (C=O) groups excluding carboxylic acids is 3. The molecule has 0 aromatic carbocycles. The highest BCUT2D eigenvalue weighted by atomic mass is 16.5. The van der Waals surface area contributed by atoms with Crippen LogP contribution in [0.1, 0.15) is 150 Å². The third kappa shape index (κ3) is 26.2. The summed E-state index contributed by atoms with van der Waals surface area (Å²) in [6, 6.07) is -0.0346. The molecule has 0 aromatic heterocycles. The van der Waals surface area contributed by atoms with Gasteiger partial charge in [-0.3, -0.25) is 38.8 Å². The van der Waals surface area contributed by atoms with Gasteiger partial charge in [-0.2, -0.15) is 0 Å². The summed E-state index contributed by atoms with van der Waals surface area (Å²) in [6.07, 6.45) is 20.1. The van der Waals surface area contributed by atoms with Crippen LogP contribution in [0.2, 0.25) is 0 Å². The second-order valence-electron chi connectivity index (χ2n) is 27.4. The number of Topliss-reactive ketones (excluding diaryl/α,β-unsaturated/α-hetero) is 1. The lowest BCUT2D eigenvalue weighted by molar-refractivity contribution is -0.227. The molecule has 23 heteroatoms. The quantitative estimate of drug-likeness (QED) is 0.0395. The van der Waals surface area contributed by atoms with Crippen LogP contribution < -0.4 is 27.8 Å². The maximum Gasteiger partial charge on any atom is 0.317 e. The number of hydrogen-bond donors (Lipinski definition) is 7. The number of nitrogens with zero attached hydrogens (tertiary/aromatic N) is 5. The van der Waals surface area contributed by atoms with Crippen molar-refractivity contribution >= 4 is 29.7 Å². The van der Waals surface area contributed by atoms with Crippen molar-refractivity contribution in [2.45, 2.75) is 169 Å². The fraction of sp³-hybridized carbons (Fsp3) is 0.925. The van der Waals surface area contributed by atoms with Crippen molar-refractivity contribution in [2.75, 3.05) is 184 Å². The van der Waals surface area contributed by atoms with Crippen LogP contribution in [0.15, 0.2) is 0 Å². The first-order valence-electron chi connectivity index (χ1n) is 35.3. The Hall–Kier alpha value is -3.17. The first-order valence-corrected chi connectivity index (χ1v) is 35.3. The van der Waals surface area contributed by atoms with Gasteiger partial charge in [0.25, 0.3) is 0 Å². The van der Waals surface area contributed by atoms with Crippen LogP contribution in [0.4, 0.5) is 4.79 Å². The minimum absolute atomic E-state index is 0.00347. The van der Waals surface area contributed by atoms with Crippen molar-refractivity contribution in [3.8, 4) is 0 Å². The lowest BCUT2D eigenvalue weighted by Gasteiger charge is -2.65. The van der Waals surface area contributed by atoms with Crippen molar-refractivity contribution < 1.29 is 62.6 Å². The number of nitrogens with one attached hydrogen (secondary N) is 2. The van der Waals surface area contributed by atoms with E-state index in [1.54, 1.807) is 9.80 Å². The zero-order valence-corrected chi connectivity index (χ0v) is 56.6. The van der Waals surface area contributed by atoms with E-state index in [1.165, 1.54) is 51.9 Å². The summed E-state index contributed by atoms with van der Waals surface area (Å²) in [5, 5.41) is 25.2. The van der Waals surface area contributed by atoms with E-state index in [0.717, 1.165) is 83.8 Å². The van der Waals surface area contributed by atoms with Gasteiger partial charge in [-0.25, -0.2) is 4.79 Å². The number of fused-ring (bicyclic) bond motifs is 5. The molecule has 522 valence electrons. The van der Waals surface area contributed by atoms with Gasteiger partial charge in [-0.1, -0.05) is 59.8 Å². The van der Waals surface area contributed by atoms with Gasteiger partial charge < -0.3 is 71.4 Å². The fourth-order valence-electron chi connectivity index (χ4n) is 16.1. The highest BCUT2D eigenvalue weighted by Crippen LogP contribution is 2.69. The van der Waals surface area contributed by atoms with E-state index in [4.69, 9.17) is 45.6 Å². The molecule has 5 fully saturated rings. The molecule has 11 atom stereocenters. The van der Waals surface area contributed by atoms with E-state index in [0.29, 0.717) is 167 Å². The molecular weight excluding hydrogens is 1150 g/mol. The lowest BCUT2D eigenvalue weighted by Crippen LogP contribution is -2.63. The van der Waals surface area contributed by atoms with Gasteiger partial charge in [-0.05, 0) is 151 Å². The predicted octanol–water partition coefficient (Wildman–Crippen LogP) is 5.00. The Morgan fingerprint density at radius 3 is 1.68 bits per heavy atom. The molecule has 5 rings (SSSR count). The van der Waals surface area contributed by atoms with Gasteiger partial charge in [0.05, 0.1) is 84.1 Å². The SMILES string of the molecule is CCCCCCCCN(CCC[C@@H](C)[C@H]1CC[C@H]2C3C(OCCCN)C[C@@H]4C[C@H](OCCCN)CC[C@]4(C)[C@H]3C[C@H](OCCCN)[C@]12C)C(=O)NCCOCCOCCOCCNC(=O)CN1CCN(CC(=O)O)CCN(CC(C)=O)CCN(CC(=O)O)CC1. The van der Waals surface area contributed by atoms with Crippen molar-refractivity contribution in [3.63, 3.8) is 0 Å². The van der Waals surface area contributed by atoms with Crippen LogP contribution in [0, 0.1) is 46.3 Å². The molecule has 0 radical (unpaired) electrons. The number of hydrogen-bond acceptors (Lipinski definition) is 18. The molecular formula is C67H126N10O13. The summed E-state index contributed by atoms with van der Waals surface area (Å²) in [4.78, 5) is 71.7. The molecule has 2 unspecified atom stereocenters. The summed E-state index contributed by atoms with van der Waals surface area (Å²) in [5.41, 5.74) is 18.2. The summed E-state index contributed by atoms with van der Waals surface area (Å²) in [6.45, 7) is 22.9. The Balaban J connectivity index is 1.04. The number of nitrogens with two attached hydrogens (primary N) is 3. The molecule has 1 aliphatic heterocycles. The number of ether oxygens (including phenoxy) is 6. The van der Waals surface area contributed by atoms with Gasteiger partial charge in [0.2, 0.25) is 5.91 Å². The Kier molecular flexibility index (Phi) is 37.1. The molecule has 1 heterocycles. The first kappa shape index (κ1) is 77.5. The van der Waals surface area contributed by atoms with E-state index in [-0.39, 0.29) is 86.2 Å². The van der Waals surface area contributed by atoms with E-state index in [2.05, 4.69) is 38.3 Å². The van der Waals surface area contributed by atoms with Crippen LogP contribution in [0.3, 0.4) is 0 Å². The Bertz CT molecular complexity index is 2010. The number of carboxylic acids is 2. The Labute approximate surface area is 541 Å². The van der Waals surface area contributed by atoms with Gasteiger partial charge in [0.1, 0.15) is 5.78 Å². The number of rotatable bonds is 44. The average molecular weight is 1280 g/mol.